The van der Waals surface area contributed by atoms with E-state index in [0.29, 0.717) is 12.8 Å². The lowest BCUT2D eigenvalue weighted by atomic mass is 10.1. The van der Waals surface area contributed by atoms with Crippen LogP contribution in [0.1, 0.15) is 194 Å². The maximum atomic E-state index is 12.6. The monoisotopic (exact) mass is 769 g/mol. The van der Waals surface area contributed by atoms with Gasteiger partial charge in [0, 0.05) is 19.4 Å². The van der Waals surface area contributed by atoms with Crippen LogP contribution >= 0.6 is 7.82 Å². The first-order valence-corrected chi connectivity index (χ1v) is 22.7. The lowest BCUT2D eigenvalue weighted by Crippen LogP contribution is -2.29. The quantitative estimate of drug-likeness (QED) is 0.0154. The highest BCUT2D eigenvalue weighted by molar-refractivity contribution is 7.47. The molecule has 0 spiro atoms. The summed E-state index contributed by atoms with van der Waals surface area (Å²) in [6, 6.07) is 0. The van der Waals surface area contributed by atoms with Crippen molar-refractivity contribution in [1.82, 2.24) is 5.32 Å². The third-order valence-corrected chi connectivity index (χ3v) is 9.98. The smallest absolute Gasteiger partial charge is 0.462 e. The van der Waals surface area contributed by atoms with Gasteiger partial charge in [-0.2, -0.15) is 5.26 Å². The zero-order valence-corrected chi connectivity index (χ0v) is 34.6. The summed E-state index contributed by atoms with van der Waals surface area (Å²) >= 11 is 0. The maximum Gasteiger partial charge on any atom is 0.472 e. The van der Waals surface area contributed by atoms with Gasteiger partial charge >= 0.3 is 19.8 Å². The molecule has 0 amide bonds. The normalized spacial score (nSPS) is 13.2. The van der Waals surface area contributed by atoms with E-state index in [1.165, 1.54) is 89.9 Å². The average molecular weight is 769 g/mol. The summed E-state index contributed by atoms with van der Waals surface area (Å²) in [6.45, 7) is 3.54. The number of allylic oxidation sites excluding steroid dienone is 4. The maximum absolute atomic E-state index is 12.6. The van der Waals surface area contributed by atoms with Crippen LogP contribution in [0.4, 0.5) is 0 Å². The number of phosphoric ester groups is 1. The van der Waals surface area contributed by atoms with Crippen LogP contribution in [0.25, 0.3) is 0 Å². The third-order valence-electron chi connectivity index (χ3n) is 9.00. The summed E-state index contributed by atoms with van der Waals surface area (Å²) in [5.74, 6) is -0.886. The molecule has 10 nitrogen and oxygen atoms in total. The molecule has 0 heterocycles. The Balaban J connectivity index is 4.31. The molecule has 0 aromatic carbocycles. The molecule has 0 radical (unpaired) electrons. The van der Waals surface area contributed by atoms with Crippen molar-refractivity contribution in [2.45, 2.75) is 200 Å². The molecule has 308 valence electrons. The summed E-state index contributed by atoms with van der Waals surface area (Å²) < 4.78 is 33.0. The van der Waals surface area contributed by atoms with Gasteiger partial charge in [0.05, 0.1) is 13.2 Å². The predicted octanol–water partition coefficient (Wildman–Crippen LogP) is 11.7. The Morgan fingerprint density at radius 2 is 1.04 bits per heavy atom. The van der Waals surface area contributed by atoms with Crippen LogP contribution in [0.15, 0.2) is 24.3 Å². The van der Waals surface area contributed by atoms with E-state index in [4.69, 9.17) is 23.8 Å². The van der Waals surface area contributed by atoms with E-state index < -0.39 is 32.5 Å². The van der Waals surface area contributed by atoms with Gasteiger partial charge in [-0.3, -0.25) is 18.6 Å². The molecule has 1 unspecified atom stereocenters. The molecule has 0 saturated heterocycles. The topological polar surface area (TPSA) is 144 Å². The lowest BCUT2D eigenvalue weighted by Gasteiger charge is -2.20. The van der Waals surface area contributed by atoms with E-state index in [2.05, 4.69) is 43.5 Å². The van der Waals surface area contributed by atoms with Crippen LogP contribution in [-0.4, -0.2) is 49.3 Å². The van der Waals surface area contributed by atoms with Gasteiger partial charge in [-0.1, -0.05) is 141 Å². The van der Waals surface area contributed by atoms with E-state index in [1.807, 2.05) is 0 Å². The fraction of sp³-hybridized carbons (Fsp3) is 0.833. The second-order valence-corrected chi connectivity index (χ2v) is 15.6. The summed E-state index contributed by atoms with van der Waals surface area (Å²) in [4.78, 5) is 35.0. The van der Waals surface area contributed by atoms with Gasteiger partial charge in [0.1, 0.15) is 6.61 Å². The molecule has 2 atom stereocenters. The van der Waals surface area contributed by atoms with Gasteiger partial charge in [0.25, 0.3) is 0 Å². The highest BCUT2D eigenvalue weighted by atomic mass is 31.2. The predicted molar refractivity (Wildman–Crippen MR) is 215 cm³/mol. The molecule has 11 heteroatoms. The number of hydrogen-bond donors (Lipinski definition) is 2. The van der Waals surface area contributed by atoms with E-state index in [0.717, 1.165) is 64.2 Å². The Morgan fingerprint density at radius 1 is 0.623 bits per heavy atom. The minimum absolute atomic E-state index is 0.0345. The van der Waals surface area contributed by atoms with Gasteiger partial charge < -0.3 is 19.7 Å². The van der Waals surface area contributed by atoms with Crippen molar-refractivity contribution in [1.29, 1.82) is 5.26 Å². The summed E-state index contributed by atoms with van der Waals surface area (Å²) in [7, 11) is -4.47. The Hall–Kier alpha value is -2.18. The van der Waals surface area contributed by atoms with Crippen molar-refractivity contribution >= 4 is 19.8 Å². The summed E-state index contributed by atoms with van der Waals surface area (Å²) in [5.41, 5.74) is 0. The van der Waals surface area contributed by atoms with Gasteiger partial charge in [0.2, 0.25) is 0 Å². The first-order valence-electron chi connectivity index (χ1n) is 21.2. The zero-order valence-electron chi connectivity index (χ0n) is 33.7. The first kappa shape index (κ1) is 50.8. The molecule has 0 aromatic rings. The molecule has 53 heavy (non-hydrogen) atoms. The fourth-order valence-corrected chi connectivity index (χ4v) is 6.53. The zero-order chi connectivity index (χ0) is 38.9. The number of nitrogens with zero attached hydrogens (tertiary/aromatic N) is 1. The first-order chi connectivity index (χ1) is 25.8. The summed E-state index contributed by atoms with van der Waals surface area (Å²) in [6.07, 6.45) is 40.5. The second-order valence-electron chi connectivity index (χ2n) is 14.1. The van der Waals surface area contributed by atoms with E-state index >= 15 is 0 Å². The standard InChI is InChI=1S/C42H77N2O8P/c1-3-5-7-9-11-13-15-17-19-21-23-25-27-29-31-33-41(45)49-37-40(38-51-53(47,48)50-36-35-44-39-43)52-42(46)34-32-30-28-26-24-22-20-18-16-14-12-10-8-6-4-2/h17-20,40,44H,3-16,21-38H2,1-2H3,(H,47,48)/b19-17-,20-18-/t40-/m1/s1. The van der Waals surface area contributed by atoms with E-state index in [-0.39, 0.29) is 32.6 Å². The Morgan fingerprint density at radius 3 is 1.49 bits per heavy atom. The SMILES string of the molecule is CCCCCCCC/C=C\CCCCCCCC(=O)OC[C@H](COP(=O)(O)OCCNC#N)OC(=O)CCCCCCC/C=C\CCCCCCCC. The number of nitrogens with one attached hydrogen (secondary N) is 1. The molecular formula is C42H77N2O8P. The number of nitriles is 1. The van der Waals surface area contributed by atoms with Gasteiger partial charge in [-0.05, 0) is 64.2 Å². The van der Waals surface area contributed by atoms with Crippen molar-refractivity contribution in [3.63, 3.8) is 0 Å². The van der Waals surface area contributed by atoms with Crippen LogP contribution in [0, 0.1) is 11.5 Å². The highest BCUT2D eigenvalue weighted by Crippen LogP contribution is 2.43. The highest BCUT2D eigenvalue weighted by Gasteiger charge is 2.26. The largest absolute Gasteiger partial charge is 0.472 e. The summed E-state index contributed by atoms with van der Waals surface area (Å²) in [5, 5.41) is 10.8. The van der Waals surface area contributed by atoms with Gasteiger partial charge in [0.15, 0.2) is 12.3 Å². The number of rotatable bonds is 40. The number of unbranched alkanes of at least 4 members (excludes halogenated alkanes) is 22. The van der Waals surface area contributed by atoms with Crippen molar-refractivity contribution in [2.75, 3.05) is 26.4 Å². The second kappa shape index (κ2) is 39.5. The number of phosphoric acid groups is 1. The van der Waals surface area contributed by atoms with Crippen LogP contribution in [0.3, 0.4) is 0 Å². The molecule has 0 aliphatic rings. The Kier molecular flexibility index (Phi) is 37.9. The molecule has 0 aromatic heterocycles. The molecular weight excluding hydrogens is 691 g/mol. The van der Waals surface area contributed by atoms with Crippen LogP contribution in [0.5, 0.6) is 0 Å². The number of carbonyl (C=O) groups is 2. The molecule has 0 rings (SSSR count). The minimum Gasteiger partial charge on any atom is -0.462 e. The molecule has 0 bridgehead atoms. The Labute approximate surface area is 323 Å². The number of esters is 2. The van der Waals surface area contributed by atoms with E-state index in [9.17, 15) is 19.0 Å². The van der Waals surface area contributed by atoms with E-state index in [1.54, 1.807) is 6.19 Å². The Bertz CT molecular complexity index is 1000. The molecule has 0 saturated carbocycles. The van der Waals surface area contributed by atoms with Gasteiger partial charge in [-0.15, -0.1) is 0 Å². The molecule has 0 aliphatic carbocycles. The van der Waals surface area contributed by atoms with Crippen molar-refractivity contribution in [3.05, 3.63) is 24.3 Å². The molecule has 0 fully saturated rings. The number of carbonyl (C=O) groups excluding carboxylic acids is 2. The van der Waals surface area contributed by atoms with Crippen molar-refractivity contribution in [2.24, 2.45) is 0 Å². The van der Waals surface area contributed by atoms with Crippen LogP contribution in [0.2, 0.25) is 0 Å². The van der Waals surface area contributed by atoms with Crippen LogP contribution in [-0.2, 0) is 32.7 Å². The number of hydrogen-bond acceptors (Lipinski definition) is 9. The lowest BCUT2D eigenvalue weighted by molar-refractivity contribution is -0.161. The molecule has 2 N–H and O–H groups in total. The average Bonchev–Trinajstić information content (AvgIpc) is 3.14. The molecule has 0 aliphatic heterocycles. The minimum atomic E-state index is -4.47. The van der Waals surface area contributed by atoms with Gasteiger partial charge in [-0.25, -0.2) is 4.57 Å². The van der Waals surface area contributed by atoms with Crippen LogP contribution < -0.4 is 5.32 Å². The third kappa shape index (κ3) is 39.3. The van der Waals surface area contributed by atoms with Crippen molar-refractivity contribution < 1.29 is 37.6 Å². The number of ether oxygens (including phenoxy) is 2. The fourth-order valence-electron chi connectivity index (χ4n) is 5.78. The van der Waals surface area contributed by atoms with Crippen molar-refractivity contribution in [3.8, 4) is 6.19 Å².